The maximum Gasteiger partial charge on any atom is 0.389 e. The lowest BCUT2D eigenvalue weighted by Crippen LogP contribution is -2.26. The predicted molar refractivity (Wildman–Crippen MR) is 64.6 cm³/mol. The van der Waals surface area contributed by atoms with E-state index < -0.39 is 18.6 Å². The third kappa shape index (κ3) is 4.17. The lowest BCUT2D eigenvalue weighted by molar-refractivity contribution is -0.136. The molecule has 1 unspecified atom stereocenters. The number of alkyl halides is 3. The van der Waals surface area contributed by atoms with Gasteiger partial charge in [-0.05, 0) is 12.8 Å². The van der Waals surface area contributed by atoms with Crippen LogP contribution in [0, 0.1) is 0 Å². The third-order valence-electron chi connectivity index (χ3n) is 2.76. The zero-order valence-electron chi connectivity index (χ0n) is 10.4. The second-order valence-electron chi connectivity index (χ2n) is 4.30. The Morgan fingerprint density at radius 1 is 1.44 bits per heavy atom. The molecule has 0 bridgehead atoms. The van der Waals surface area contributed by atoms with E-state index in [1.165, 1.54) is 0 Å². The van der Waals surface area contributed by atoms with E-state index >= 15 is 0 Å². The van der Waals surface area contributed by atoms with Gasteiger partial charge in [-0.1, -0.05) is 18.5 Å². The van der Waals surface area contributed by atoms with Crippen LogP contribution in [0.3, 0.4) is 0 Å². The fourth-order valence-corrected chi connectivity index (χ4v) is 2.11. The largest absolute Gasteiger partial charge is 0.389 e. The Balaban J connectivity index is 2.64. The highest BCUT2D eigenvalue weighted by Gasteiger charge is 2.28. The van der Waals surface area contributed by atoms with E-state index in [0.717, 1.165) is 5.69 Å². The van der Waals surface area contributed by atoms with Crippen LogP contribution >= 0.6 is 11.6 Å². The maximum atomic E-state index is 12.1. The quantitative estimate of drug-likeness (QED) is 0.903. The van der Waals surface area contributed by atoms with Crippen molar-refractivity contribution in [3.8, 4) is 0 Å². The van der Waals surface area contributed by atoms with Crippen LogP contribution in [0.2, 0.25) is 5.02 Å². The molecule has 18 heavy (non-hydrogen) atoms. The van der Waals surface area contributed by atoms with Gasteiger partial charge >= 0.3 is 6.18 Å². The first-order chi connectivity index (χ1) is 8.24. The highest BCUT2D eigenvalue weighted by atomic mass is 35.5. The summed E-state index contributed by atoms with van der Waals surface area (Å²) in [6.07, 6.45) is -4.15. The van der Waals surface area contributed by atoms with Crippen molar-refractivity contribution in [3.05, 3.63) is 16.4 Å². The molecule has 7 heteroatoms. The average Bonchev–Trinajstić information content (AvgIpc) is 2.53. The Hall–Kier alpha value is -0.750. The molecule has 1 rings (SSSR count). The van der Waals surface area contributed by atoms with Crippen LogP contribution < -0.4 is 5.73 Å². The van der Waals surface area contributed by atoms with Crippen LogP contribution in [-0.2, 0) is 19.9 Å². The molecule has 1 aromatic heterocycles. The number of aryl methyl sites for hydroxylation is 2. The molecule has 1 atom stereocenters. The number of rotatable bonds is 5. The molecule has 1 aromatic rings. The fourth-order valence-electron chi connectivity index (χ4n) is 1.74. The molecular formula is C11H17ClF3N3. The third-order valence-corrected chi connectivity index (χ3v) is 3.19. The van der Waals surface area contributed by atoms with E-state index in [-0.39, 0.29) is 6.42 Å². The Morgan fingerprint density at radius 2 is 2.06 bits per heavy atom. The molecule has 0 aliphatic rings. The molecule has 0 amide bonds. The summed E-state index contributed by atoms with van der Waals surface area (Å²) in [6, 6.07) is -0.566. The minimum atomic E-state index is -4.16. The van der Waals surface area contributed by atoms with Gasteiger partial charge in [-0.2, -0.15) is 18.3 Å². The van der Waals surface area contributed by atoms with Gasteiger partial charge in [0.15, 0.2) is 0 Å². The van der Waals surface area contributed by atoms with Crippen LogP contribution in [-0.4, -0.2) is 22.0 Å². The number of nitrogens with two attached hydrogens (primary N) is 1. The Morgan fingerprint density at radius 3 is 2.50 bits per heavy atom. The molecule has 0 spiro atoms. The van der Waals surface area contributed by atoms with Gasteiger partial charge in [0.2, 0.25) is 0 Å². The van der Waals surface area contributed by atoms with E-state index in [1.54, 1.807) is 11.7 Å². The Bertz CT molecular complexity index is 401. The summed E-state index contributed by atoms with van der Waals surface area (Å²) in [4.78, 5) is 0. The van der Waals surface area contributed by atoms with Gasteiger partial charge in [0.05, 0.1) is 16.4 Å². The monoisotopic (exact) mass is 283 g/mol. The lowest BCUT2D eigenvalue weighted by Gasteiger charge is -2.13. The smallest absolute Gasteiger partial charge is 0.327 e. The standard InChI is InChI=1S/C11H17ClF3N3/c1-3-8-10(12)9(18(2)17-8)6-7(16)4-5-11(13,14)15/h7H,3-6,16H2,1-2H3. The molecule has 0 radical (unpaired) electrons. The highest BCUT2D eigenvalue weighted by molar-refractivity contribution is 6.31. The molecule has 104 valence electrons. The molecule has 1 heterocycles. The van der Waals surface area contributed by atoms with Crippen LogP contribution in [0.25, 0.3) is 0 Å². The lowest BCUT2D eigenvalue weighted by atomic mass is 10.1. The summed E-state index contributed by atoms with van der Waals surface area (Å²) in [5.74, 6) is 0. The summed E-state index contributed by atoms with van der Waals surface area (Å²) >= 11 is 6.10. The fraction of sp³-hybridized carbons (Fsp3) is 0.727. The second kappa shape index (κ2) is 5.93. The molecule has 0 aromatic carbocycles. The van der Waals surface area contributed by atoms with E-state index in [9.17, 15) is 13.2 Å². The molecular weight excluding hydrogens is 267 g/mol. The van der Waals surface area contributed by atoms with Gasteiger partial charge < -0.3 is 5.73 Å². The van der Waals surface area contributed by atoms with E-state index in [2.05, 4.69) is 5.10 Å². The van der Waals surface area contributed by atoms with Gasteiger partial charge in [0.1, 0.15) is 0 Å². The van der Waals surface area contributed by atoms with Crippen LogP contribution in [0.4, 0.5) is 13.2 Å². The molecule has 0 saturated carbocycles. The normalized spacial score (nSPS) is 13.9. The zero-order chi connectivity index (χ0) is 13.9. The van der Waals surface area contributed by atoms with Crippen molar-refractivity contribution in [2.45, 2.75) is 44.8 Å². The van der Waals surface area contributed by atoms with Gasteiger partial charge in [0.25, 0.3) is 0 Å². The van der Waals surface area contributed by atoms with Gasteiger partial charge in [0, 0.05) is 25.9 Å². The Kier molecular flexibility index (Phi) is 5.04. The van der Waals surface area contributed by atoms with E-state index in [1.807, 2.05) is 6.92 Å². The molecule has 0 aliphatic heterocycles. The topological polar surface area (TPSA) is 43.8 Å². The van der Waals surface area contributed by atoms with Crippen molar-refractivity contribution in [2.75, 3.05) is 0 Å². The van der Waals surface area contributed by atoms with Gasteiger partial charge in [-0.25, -0.2) is 0 Å². The van der Waals surface area contributed by atoms with Crippen LogP contribution in [0.1, 0.15) is 31.2 Å². The summed E-state index contributed by atoms with van der Waals surface area (Å²) in [5, 5.41) is 4.71. The summed E-state index contributed by atoms with van der Waals surface area (Å²) in [5.41, 5.74) is 7.15. The molecule has 0 saturated heterocycles. The zero-order valence-corrected chi connectivity index (χ0v) is 11.1. The van der Waals surface area contributed by atoms with Crippen LogP contribution in [0.15, 0.2) is 0 Å². The minimum Gasteiger partial charge on any atom is -0.327 e. The van der Waals surface area contributed by atoms with Crippen molar-refractivity contribution >= 4 is 11.6 Å². The SMILES string of the molecule is CCc1nn(C)c(CC(N)CCC(F)(F)F)c1Cl. The highest BCUT2D eigenvalue weighted by Crippen LogP contribution is 2.25. The van der Waals surface area contributed by atoms with E-state index in [4.69, 9.17) is 17.3 Å². The van der Waals surface area contributed by atoms with Gasteiger partial charge in [-0.15, -0.1) is 0 Å². The molecule has 2 N–H and O–H groups in total. The van der Waals surface area contributed by atoms with Crippen molar-refractivity contribution in [1.82, 2.24) is 9.78 Å². The summed E-state index contributed by atoms with van der Waals surface area (Å²) in [7, 11) is 1.72. The first kappa shape index (κ1) is 15.3. The minimum absolute atomic E-state index is 0.105. The number of hydrogen-bond acceptors (Lipinski definition) is 2. The first-order valence-corrected chi connectivity index (χ1v) is 6.15. The van der Waals surface area contributed by atoms with Crippen molar-refractivity contribution in [3.63, 3.8) is 0 Å². The summed E-state index contributed by atoms with van der Waals surface area (Å²) in [6.45, 7) is 1.92. The van der Waals surface area contributed by atoms with Crippen molar-refractivity contribution < 1.29 is 13.2 Å². The first-order valence-electron chi connectivity index (χ1n) is 5.77. The molecule has 3 nitrogen and oxygen atoms in total. The average molecular weight is 284 g/mol. The number of hydrogen-bond donors (Lipinski definition) is 1. The second-order valence-corrected chi connectivity index (χ2v) is 4.68. The maximum absolute atomic E-state index is 12.1. The van der Waals surface area contributed by atoms with Crippen molar-refractivity contribution in [2.24, 2.45) is 12.8 Å². The summed E-state index contributed by atoms with van der Waals surface area (Å²) < 4.78 is 37.8. The number of nitrogens with zero attached hydrogens (tertiary/aromatic N) is 2. The number of halogens is 4. The molecule has 0 aliphatic carbocycles. The van der Waals surface area contributed by atoms with Gasteiger partial charge in [-0.3, -0.25) is 4.68 Å². The Labute approximate surface area is 109 Å². The van der Waals surface area contributed by atoms with Crippen molar-refractivity contribution in [1.29, 1.82) is 0 Å². The predicted octanol–water partition coefficient (Wildman–Crippen LogP) is 2.85. The molecule has 0 fully saturated rings. The van der Waals surface area contributed by atoms with E-state index in [0.29, 0.717) is 23.6 Å². The van der Waals surface area contributed by atoms with Crippen LogP contribution in [0.5, 0.6) is 0 Å². The number of aromatic nitrogens is 2.